The highest BCUT2D eigenvalue weighted by molar-refractivity contribution is 7.90. The van der Waals surface area contributed by atoms with Gasteiger partial charge < -0.3 is 9.47 Å². The van der Waals surface area contributed by atoms with Gasteiger partial charge in [-0.25, -0.2) is 13.2 Å². The number of esters is 1. The molecule has 0 aliphatic carbocycles. The van der Waals surface area contributed by atoms with Crippen molar-refractivity contribution in [2.45, 2.75) is 11.8 Å². The largest absolute Gasteiger partial charge is 0.496 e. The molecule has 0 amide bonds. The van der Waals surface area contributed by atoms with Crippen molar-refractivity contribution in [2.24, 2.45) is 0 Å². The number of carbonyl (C=O) groups is 1. The first-order valence-electron chi connectivity index (χ1n) is 4.95. The van der Waals surface area contributed by atoms with Crippen LogP contribution < -0.4 is 4.74 Å². The van der Waals surface area contributed by atoms with E-state index in [1.54, 1.807) is 6.92 Å². The van der Waals surface area contributed by atoms with Crippen molar-refractivity contribution in [3.05, 3.63) is 23.8 Å². The fraction of sp³-hybridized carbons (Fsp3) is 0.364. The number of carbonyl (C=O) groups excluding carboxylic acids is 1. The Bertz CT molecular complexity index is 519. The number of rotatable bonds is 4. The maximum atomic E-state index is 11.6. The van der Waals surface area contributed by atoms with Gasteiger partial charge >= 0.3 is 5.97 Å². The Hall–Kier alpha value is -1.56. The second kappa shape index (κ2) is 5.18. The lowest BCUT2D eigenvalue weighted by molar-refractivity contribution is 0.0522. The van der Waals surface area contributed by atoms with E-state index >= 15 is 0 Å². The number of methoxy groups -OCH3 is 1. The molecule has 94 valence electrons. The number of ether oxygens (including phenoxy) is 2. The minimum atomic E-state index is -3.36. The van der Waals surface area contributed by atoms with Crippen LogP contribution in [0.4, 0.5) is 0 Å². The highest BCUT2D eigenvalue weighted by Crippen LogP contribution is 2.23. The van der Waals surface area contributed by atoms with E-state index in [-0.39, 0.29) is 22.8 Å². The van der Waals surface area contributed by atoms with Gasteiger partial charge in [0, 0.05) is 6.26 Å². The molecule has 0 fully saturated rings. The molecule has 0 atom stereocenters. The lowest BCUT2D eigenvalue weighted by Gasteiger charge is -2.09. The monoisotopic (exact) mass is 258 g/mol. The summed E-state index contributed by atoms with van der Waals surface area (Å²) in [5, 5.41) is 0. The standard InChI is InChI=1S/C11H14O5S/c1-4-16-11(12)9-7-8(17(3,13)14)5-6-10(9)15-2/h5-7H,4H2,1-3H3. The molecule has 0 aliphatic rings. The van der Waals surface area contributed by atoms with Crippen LogP contribution in [-0.2, 0) is 14.6 Å². The highest BCUT2D eigenvalue weighted by atomic mass is 32.2. The summed E-state index contributed by atoms with van der Waals surface area (Å²) in [6, 6.07) is 4.08. The topological polar surface area (TPSA) is 69.7 Å². The van der Waals surface area contributed by atoms with Crippen LogP contribution in [-0.4, -0.2) is 34.4 Å². The fourth-order valence-corrected chi connectivity index (χ4v) is 1.93. The number of benzene rings is 1. The zero-order valence-electron chi connectivity index (χ0n) is 9.89. The summed E-state index contributed by atoms with van der Waals surface area (Å²) in [5.41, 5.74) is 0.109. The predicted octanol–water partition coefficient (Wildman–Crippen LogP) is 1.28. The van der Waals surface area contributed by atoms with Gasteiger partial charge in [0.05, 0.1) is 18.6 Å². The zero-order valence-corrected chi connectivity index (χ0v) is 10.7. The van der Waals surface area contributed by atoms with Gasteiger partial charge in [-0.3, -0.25) is 0 Å². The van der Waals surface area contributed by atoms with Crippen LogP contribution in [0.2, 0.25) is 0 Å². The molecular formula is C11H14O5S. The lowest BCUT2D eigenvalue weighted by atomic mass is 10.2. The van der Waals surface area contributed by atoms with Crippen molar-refractivity contribution in [3.63, 3.8) is 0 Å². The van der Waals surface area contributed by atoms with E-state index < -0.39 is 15.8 Å². The zero-order chi connectivity index (χ0) is 13.1. The molecule has 1 aromatic rings. The Labute approximate surface area is 100 Å². The van der Waals surface area contributed by atoms with E-state index in [0.717, 1.165) is 6.26 Å². The predicted molar refractivity (Wildman–Crippen MR) is 62.1 cm³/mol. The maximum Gasteiger partial charge on any atom is 0.341 e. The van der Waals surface area contributed by atoms with Crippen molar-refractivity contribution in [1.29, 1.82) is 0 Å². The van der Waals surface area contributed by atoms with Crippen molar-refractivity contribution >= 4 is 15.8 Å². The second-order valence-corrected chi connectivity index (χ2v) is 5.37. The third-order valence-corrected chi connectivity index (χ3v) is 3.20. The fourth-order valence-electron chi connectivity index (χ4n) is 1.29. The molecule has 5 nitrogen and oxygen atoms in total. The van der Waals surface area contributed by atoms with Crippen molar-refractivity contribution in [2.75, 3.05) is 20.0 Å². The summed E-state index contributed by atoms with van der Waals surface area (Å²) in [5.74, 6) is -0.314. The van der Waals surface area contributed by atoms with E-state index in [2.05, 4.69) is 0 Å². The first-order chi connectivity index (χ1) is 7.90. The van der Waals surface area contributed by atoms with E-state index in [1.165, 1.54) is 25.3 Å². The van der Waals surface area contributed by atoms with Crippen LogP contribution in [0.5, 0.6) is 5.75 Å². The molecule has 0 bridgehead atoms. The molecule has 0 heterocycles. The summed E-state index contributed by atoms with van der Waals surface area (Å²) in [4.78, 5) is 11.7. The summed E-state index contributed by atoms with van der Waals surface area (Å²) in [6.45, 7) is 1.88. The Morgan fingerprint density at radius 2 is 2.00 bits per heavy atom. The van der Waals surface area contributed by atoms with E-state index in [9.17, 15) is 13.2 Å². The third-order valence-electron chi connectivity index (χ3n) is 2.09. The molecule has 0 N–H and O–H groups in total. The van der Waals surface area contributed by atoms with Crippen LogP contribution in [0.3, 0.4) is 0 Å². The Kier molecular flexibility index (Phi) is 4.11. The molecule has 0 aromatic heterocycles. The molecule has 0 saturated carbocycles. The molecule has 0 unspecified atom stereocenters. The van der Waals surface area contributed by atoms with Crippen molar-refractivity contribution < 1.29 is 22.7 Å². The van der Waals surface area contributed by atoms with E-state index in [4.69, 9.17) is 9.47 Å². The quantitative estimate of drug-likeness (QED) is 0.761. The molecule has 0 spiro atoms. The van der Waals surface area contributed by atoms with Gasteiger partial charge in [-0.2, -0.15) is 0 Å². The van der Waals surface area contributed by atoms with Crippen LogP contribution in [0, 0.1) is 0 Å². The van der Waals surface area contributed by atoms with Crippen molar-refractivity contribution in [1.82, 2.24) is 0 Å². The Balaban J connectivity index is 3.30. The minimum Gasteiger partial charge on any atom is -0.496 e. The smallest absolute Gasteiger partial charge is 0.341 e. The van der Waals surface area contributed by atoms with E-state index in [1.807, 2.05) is 0 Å². The molecular weight excluding hydrogens is 244 g/mol. The Morgan fingerprint density at radius 1 is 1.35 bits per heavy atom. The number of hydrogen-bond donors (Lipinski definition) is 0. The second-order valence-electron chi connectivity index (χ2n) is 3.35. The van der Waals surface area contributed by atoms with Crippen LogP contribution in [0.15, 0.2) is 23.1 Å². The molecule has 0 saturated heterocycles. The van der Waals surface area contributed by atoms with Crippen LogP contribution >= 0.6 is 0 Å². The molecule has 17 heavy (non-hydrogen) atoms. The highest BCUT2D eigenvalue weighted by Gasteiger charge is 2.17. The summed E-state index contributed by atoms with van der Waals surface area (Å²) >= 11 is 0. The van der Waals surface area contributed by atoms with Gasteiger partial charge in [-0.1, -0.05) is 0 Å². The van der Waals surface area contributed by atoms with Gasteiger partial charge in [0.1, 0.15) is 11.3 Å². The normalized spacial score (nSPS) is 11.0. The third kappa shape index (κ3) is 3.20. The minimum absolute atomic E-state index is 0.0568. The van der Waals surface area contributed by atoms with Crippen LogP contribution in [0.1, 0.15) is 17.3 Å². The summed E-state index contributed by atoms with van der Waals surface area (Å²) in [6.07, 6.45) is 1.07. The van der Waals surface area contributed by atoms with Crippen LogP contribution in [0.25, 0.3) is 0 Å². The maximum absolute atomic E-state index is 11.6. The Morgan fingerprint density at radius 3 is 2.47 bits per heavy atom. The lowest BCUT2D eigenvalue weighted by Crippen LogP contribution is -2.08. The van der Waals surface area contributed by atoms with Gasteiger partial charge in [0.25, 0.3) is 0 Å². The molecule has 1 aromatic carbocycles. The first-order valence-corrected chi connectivity index (χ1v) is 6.84. The first kappa shape index (κ1) is 13.5. The molecule has 6 heteroatoms. The summed E-state index contributed by atoms with van der Waals surface area (Å²) in [7, 11) is -1.96. The number of sulfone groups is 1. The van der Waals surface area contributed by atoms with Gasteiger partial charge in [-0.05, 0) is 25.1 Å². The molecule has 0 aliphatic heterocycles. The van der Waals surface area contributed by atoms with Gasteiger partial charge in [-0.15, -0.1) is 0 Å². The van der Waals surface area contributed by atoms with Gasteiger partial charge in [0.15, 0.2) is 9.84 Å². The van der Waals surface area contributed by atoms with Crippen molar-refractivity contribution in [3.8, 4) is 5.75 Å². The number of hydrogen-bond acceptors (Lipinski definition) is 5. The average molecular weight is 258 g/mol. The SMILES string of the molecule is CCOC(=O)c1cc(S(C)(=O)=O)ccc1OC. The van der Waals surface area contributed by atoms with Gasteiger partial charge in [0.2, 0.25) is 0 Å². The molecule has 1 rings (SSSR count). The summed E-state index contributed by atoms with van der Waals surface area (Å²) < 4.78 is 32.6. The average Bonchev–Trinajstić information content (AvgIpc) is 2.27. The molecule has 0 radical (unpaired) electrons. The van der Waals surface area contributed by atoms with E-state index in [0.29, 0.717) is 0 Å².